The van der Waals surface area contributed by atoms with Crippen LogP contribution >= 0.6 is 0 Å². The second-order valence-electron chi connectivity index (χ2n) is 6.21. The van der Waals surface area contributed by atoms with Gasteiger partial charge in [0.15, 0.2) is 11.5 Å². The molecule has 0 radical (unpaired) electrons. The SMILES string of the molecule is COc1ccc(-c2noc(CCC(=O)NCc3ccc(OC)c(OC)c3)n2)cc1. The molecule has 8 nitrogen and oxygen atoms in total. The van der Waals surface area contributed by atoms with Crippen LogP contribution in [0.4, 0.5) is 0 Å². The largest absolute Gasteiger partial charge is 0.497 e. The average molecular weight is 397 g/mol. The van der Waals surface area contributed by atoms with Crippen molar-refractivity contribution in [3.8, 4) is 28.6 Å². The third kappa shape index (κ3) is 5.25. The molecule has 0 saturated heterocycles. The summed E-state index contributed by atoms with van der Waals surface area (Å²) in [5.41, 5.74) is 1.73. The number of hydrogen-bond acceptors (Lipinski definition) is 7. The molecule has 0 fully saturated rings. The van der Waals surface area contributed by atoms with E-state index in [0.717, 1.165) is 16.9 Å². The zero-order chi connectivity index (χ0) is 20.6. The molecule has 0 aliphatic rings. The van der Waals surface area contributed by atoms with E-state index in [-0.39, 0.29) is 12.3 Å². The van der Waals surface area contributed by atoms with Gasteiger partial charge in [-0.2, -0.15) is 4.98 Å². The van der Waals surface area contributed by atoms with Crippen molar-refractivity contribution < 1.29 is 23.5 Å². The highest BCUT2D eigenvalue weighted by atomic mass is 16.5. The lowest BCUT2D eigenvalue weighted by Gasteiger charge is -2.10. The average Bonchev–Trinajstić information content (AvgIpc) is 3.25. The number of rotatable bonds is 9. The maximum atomic E-state index is 12.1. The number of benzene rings is 2. The molecule has 0 spiro atoms. The van der Waals surface area contributed by atoms with Crippen molar-refractivity contribution in [3.63, 3.8) is 0 Å². The number of aryl methyl sites for hydroxylation is 1. The summed E-state index contributed by atoms with van der Waals surface area (Å²) in [5.74, 6) is 2.81. The summed E-state index contributed by atoms with van der Waals surface area (Å²) < 4.78 is 20.9. The highest BCUT2D eigenvalue weighted by Crippen LogP contribution is 2.27. The van der Waals surface area contributed by atoms with E-state index in [1.807, 2.05) is 36.4 Å². The number of aromatic nitrogens is 2. The summed E-state index contributed by atoms with van der Waals surface area (Å²) in [4.78, 5) is 16.5. The predicted molar refractivity (Wildman–Crippen MR) is 106 cm³/mol. The molecular formula is C21H23N3O5. The fourth-order valence-electron chi connectivity index (χ4n) is 2.71. The Bertz CT molecular complexity index is 953. The minimum atomic E-state index is -0.107. The molecule has 0 aliphatic carbocycles. The summed E-state index contributed by atoms with van der Waals surface area (Å²) in [5, 5.41) is 6.83. The number of nitrogens with zero attached hydrogens (tertiary/aromatic N) is 2. The maximum Gasteiger partial charge on any atom is 0.227 e. The highest BCUT2D eigenvalue weighted by molar-refractivity contribution is 5.76. The maximum absolute atomic E-state index is 12.1. The van der Waals surface area contributed by atoms with Gasteiger partial charge in [-0.05, 0) is 42.0 Å². The van der Waals surface area contributed by atoms with Gasteiger partial charge in [-0.25, -0.2) is 0 Å². The molecule has 152 valence electrons. The lowest BCUT2D eigenvalue weighted by atomic mass is 10.2. The molecule has 1 heterocycles. The van der Waals surface area contributed by atoms with Crippen LogP contribution in [0.25, 0.3) is 11.4 Å². The highest BCUT2D eigenvalue weighted by Gasteiger charge is 2.11. The van der Waals surface area contributed by atoms with Crippen molar-refractivity contribution in [3.05, 3.63) is 53.9 Å². The second-order valence-corrected chi connectivity index (χ2v) is 6.21. The number of ether oxygens (including phenoxy) is 3. The number of nitrogens with one attached hydrogen (secondary N) is 1. The number of methoxy groups -OCH3 is 3. The first-order valence-corrected chi connectivity index (χ1v) is 9.07. The van der Waals surface area contributed by atoms with Crippen molar-refractivity contribution in [2.75, 3.05) is 21.3 Å². The van der Waals surface area contributed by atoms with Crippen LogP contribution in [0.15, 0.2) is 47.0 Å². The predicted octanol–water partition coefficient (Wildman–Crippen LogP) is 3.01. The van der Waals surface area contributed by atoms with E-state index in [1.165, 1.54) is 0 Å². The van der Waals surface area contributed by atoms with Crippen LogP contribution in [0.2, 0.25) is 0 Å². The topological polar surface area (TPSA) is 95.7 Å². The van der Waals surface area contributed by atoms with Gasteiger partial charge in [0.2, 0.25) is 17.6 Å². The summed E-state index contributed by atoms with van der Waals surface area (Å²) in [7, 11) is 4.76. The van der Waals surface area contributed by atoms with Crippen molar-refractivity contribution in [2.24, 2.45) is 0 Å². The van der Waals surface area contributed by atoms with E-state index >= 15 is 0 Å². The van der Waals surface area contributed by atoms with Gasteiger partial charge >= 0.3 is 0 Å². The summed E-state index contributed by atoms with van der Waals surface area (Å²) in [6.07, 6.45) is 0.610. The van der Waals surface area contributed by atoms with Crippen LogP contribution in [-0.4, -0.2) is 37.4 Å². The van der Waals surface area contributed by atoms with Crippen LogP contribution in [0.3, 0.4) is 0 Å². The molecule has 0 saturated carbocycles. The van der Waals surface area contributed by atoms with Gasteiger partial charge in [0.05, 0.1) is 21.3 Å². The van der Waals surface area contributed by atoms with Crippen LogP contribution in [0.1, 0.15) is 17.9 Å². The van der Waals surface area contributed by atoms with E-state index in [4.69, 9.17) is 18.7 Å². The zero-order valence-electron chi connectivity index (χ0n) is 16.6. The van der Waals surface area contributed by atoms with Crippen molar-refractivity contribution in [2.45, 2.75) is 19.4 Å². The molecule has 2 aromatic carbocycles. The van der Waals surface area contributed by atoms with Crippen molar-refractivity contribution >= 4 is 5.91 Å². The molecule has 1 N–H and O–H groups in total. The van der Waals surface area contributed by atoms with Crippen LogP contribution in [0, 0.1) is 0 Å². The molecule has 0 bridgehead atoms. The lowest BCUT2D eigenvalue weighted by molar-refractivity contribution is -0.121. The second kappa shape index (κ2) is 9.59. The summed E-state index contributed by atoms with van der Waals surface area (Å²) >= 11 is 0. The van der Waals surface area contributed by atoms with Gasteiger partial charge in [0, 0.05) is 24.9 Å². The van der Waals surface area contributed by atoms with E-state index in [2.05, 4.69) is 15.5 Å². The number of amides is 1. The number of carbonyl (C=O) groups excluding carboxylic acids is 1. The molecule has 29 heavy (non-hydrogen) atoms. The molecule has 8 heteroatoms. The van der Waals surface area contributed by atoms with E-state index in [9.17, 15) is 4.79 Å². The Hall–Kier alpha value is -3.55. The Kier molecular flexibility index (Phi) is 6.67. The Labute approximate surface area is 168 Å². The smallest absolute Gasteiger partial charge is 0.227 e. The van der Waals surface area contributed by atoms with Gasteiger partial charge in [-0.1, -0.05) is 11.2 Å². The first-order chi connectivity index (χ1) is 14.1. The Balaban J connectivity index is 1.50. The first kappa shape index (κ1) is 20.2. The quantitative estimate of drug-likeness (QED) is 0.593. The normalized spacial score (nSPS) is 10.4. The first-order valence-electron chi connectivity index (χ1n) is 9.07. The summed E-state index contributed by atoms with van der Waals surface area (Å²) in [6.45, 7) is 0.389. The Morgan fingerprint density at radius 1 is 1.00 bits per heavy atom. The van der Waals surface area contributed by atoms with Gasteiger partial charge in [0.1, 0.15) is 5.75 Å². The third-order valence-electron chi connectivity index (χ3n) is 4.32. The van der Waals surface area contributed by atoms with Gasteiger partial charge < -0.3 is 24.1 Å². The molecule has 1 aromatic heterocycles. The summed E-state index contributed by atoms with van der Waals surface area (Å²) in [6, 6.07) is 12.9. The van der Waals surface area contributed by atoms with Crippen molar-refractivity contribution in [1.82, 2.24) is 15.5 Å². The van der Waals surface area contributed by atoms with E-state index in [0.29, 0.717) is 36.2 Å². The number of hydrogen-bond donors (Lipinski definition) is 1. The lowest BCUT2D eigenvalue weighted by Crippen LogP contribution is -2.23. The Morgan fingerprint density at radius 2 is 1.76 bits per heavy atom. The fraction of sp³-hybridized carbons (Fsp3) is 0.286. The van der Waals surface area contributed by atoms with E-state index < -0.39 is 0 Å². The van der Waals surface area contributed by atoms with Gasteiger partial charge in [0.25, 0.3) is 0 Å². The molecule has 3 rings (SSSR count). The molecule has 0 atom stereocenters. The van der Waals surface area contributed by atoms with Gasteiger partial charge in [-0.3, -0.25) is 4.79 Å². The molecule has 1 amide bonds. The monoisotopic (exact) mass is 397 g/mol. The Morgan fingerprint density at radius 3 is 2.45 bits per heavy atom. The third-order valence-corrected chi connectivity index (χ3v) is 4.32. The van der Waals surface area contributed by atoms with Gasteiger partial charge in [-0.15, -0.1) is 0 Å². The zero-order valence-corrected chi connectivity index (χ0v) is 16.6. The molecule has 0 aliphatic heterocycles. The standard InChI is InChI=1S/C21H23N3O5/c1-26-16-7-5-15(6-8-16)21-23-20(29-24-21)11-10-19(25)22-13-14-4-9-17(27-2)18(12-14)28-3/h4-9,12H,10-11,13H2,1-3H3,(H,22,25). The van der Waals surface area contributed by atoms with E-state index in [1.54, 1.807) is 27.4 Å². The molecular weight excluding hydrogens is 374 g/mol. The number of carbonyl (C=O) groups is 1. The molecule has 3 aromatic rings. The van der Waals surface area contributed by atoms with Crippen molar-refractivity contribution in [1.29, 1.82) is 0 Å². The minimum Gasteiger partial charge on any atom is -0.497 e. The van der Waals surface area contributed by atoms with Crippen LogP contribution < -0.4 is 19.5 Å². The molecule has 0 unspecified atom stereocenters. The minimum absolute atomic E-state index is 0.107. The van der Waals surface area contributed by atoms with Crippen LogP contribution in [-0.2, 0) is 17.8 Å². The fourth-order valence-corrected chi connectivity index (χ4v) is 2.71. The van der Waals surface area contributed by atoms with Crippen LogP contribution in [0.5, 0.6) is 17.2 Å².